The van der Waals surface area contributed by atoms with Crippen LogP contribution >= 0.6 is 0 Å². The number of furan rings is 1. The standard InChI is InChI=1S/C16H24N4O6/c1-10(2)8-12(18-15(22)26-16(3,4)5)14(21)19-17-9-11-6-7-13(25-11)20(23)24/h6-7,9-10,12H,8H2,1-5H3,(H,18,22)(H,19,21)/b17-9+. The van der Waals surface area contributed by atoms with Crippen molar-refractivity contribution in [2.24, 2.45) is 11.0 Å². The van der Waals surface area contributed by atoms with E-state index < -0.39 is 34.5 Å². The van der Waals surface area contributed by atoms with Crippen molar-refractivity contribution in [1.82, 2.24) is 10.7 Å². The van der Waals surface area contributed by atoms with E-state index in [-0.39, 0.29) is 11.7 Å². The van der Waals surface area contributed by atoms with E-state index in [1.54, 1.807) is 20.8 Å². The van der Waals surface area contributed by atoms with Gasteiger partial charge < -0.3 is 14.5 Å². The van der Waals surface area contributed by atoms with Gasteiger partial charge in [-0.1, -0.05) is 13.8 Å². The van der Waals surface area contributed by atoms with Crippen LogP contribution in [0, 0.1) is 16.0 Å². The number of amides is 2. The lowest BCUT2D eigenvalue weighted by molar-refractivity contribution is -0.402. The molecule has 1 rings (SSSR count). The summed E-state index contributed by atoms with van der Waals surface area (Å²) in [4.78, 5) is 34.0. The quantitative estimate of drug-likeness (QED) is 0.431. The maximum absolute atomic E-state index is 12.2. The number of carbonyl (C=O) groups is 2. The third-order valence-electron chi connectivity index (χ3n) is 2.87. The van der Waals surface area contributed by atoms with Crippen LogP contribution < -0.4 is 10.7 Å². The highest BCUT2D eigenvalue weighted by Crippen LogP contribution is 2.14. The van der Waals surface area contributed by atoms with Crippen LogP contribution in [0.3, 0.4) is 0 Å². The van der Waals surface area contributed by atoms with Gasteiger partial charge in [0.15, 0.2) is 5.76 Å². The van der Waals surface area contributed by atoms with Crippen molar-refractivity contribution >= 4 is 24.1 Å². The Morgan fingerprint density at radius 3 is 2.54 bits per heavy atom. The lowest BCUT2D eigenvalue weighted by Crippen LogP contribution is -2.47. The molecule has 0 aromatic carbocycles. The zero-order valence-corrected chi connectivity index (χ0v) is 15.4. The van der Waals surface area contributed by atoms with E-state index in [2.05, 4.69) is 15.8 Å². The Morgan fingerprint density at radius 2 is 2.04 bits per heavy atom. The molecule has 0 bridgehead atoms. The Balaban J connectivity index is 2.68. The molecule has 1 heterocycles. The highest BCUT2D eigenvalue weighted by Gasteiger charge is 2.25. The van der Waals surface area contributed by atoms with Crippen molar-refractivity contribution < 1.29 is 23.7 Å². The Bertz CT molecular complexity index is 675. The molecule has 0 radical (unpaired) electrons. The van der Waals surface area contributed by atoms with Crippen molar-refractivity contribution in [2.75, 3.05) is 0 Å². The van der Waals surface area contributed by atoms with Crippen LogP contribution in [-0.4, -0.2) is 34.8 Å². The Hall–Kier alpha value is -2.91. The molecule has 0 aliphatic rings. The molecule has 0 aliphatic heterocycles. The molecule has 0 spiro atoms. The SMILES string of the molecule is CC(C)CC(NC(=O)OC(C)(C)C)C(=O)N/N=C/c1ccc([N+](=O)[O-])o1. The Kier molecular flexibility index (Phi) is 7.29. The van der Waals surface area contributed by atoms with Gasteiger partial charge >= 0.3 is 12.0 Å². The van der Waals surface area contributed by atoms with Gasteiger partial charge in [-0.25, -0.2) is 10.2 Å². The van der Waals surface area contributed by atoms with Crippen LogP contribution in [0.25, 0.3) is 0 Å². The van der Waals surface area contributed by atoms with E-state index in [0.29, 0.717) is 6.42 Å². The number of carbonyl (C=O) groups excluding carboxylic acids is 2. The predicted molar refractivity (Wildman–Crippen MR) is 93.7 cm³/mol. The fourth-order valence-corrected chi connectivity index (χ4v) is 1.90. The second-order valence-electron chi connectivity index (χ2n) is 7.00. The predicted octanol–water partition coefficient (Wildman–Crippen LogP) is 2.58. The summed E-state index contributed by atoms with van der Waals surface area (Å²) in [6.07, 6.45) is 0.807. The lowest BCUT2D eigenvalue weighted by atomic mass is 10.0. The number of hydrogen-bond acceptors (Lipinski definition) is 7. The third kappa shape index (κ3) is 7.77. The van der Waals surface area contributed by atoms with Crippen molar-refractivity contribution in [3.8, 4) is 0 Å². The van der Waals surface area contributed by atoms with Crippen molar-refractivity contribution in [3.63, 3.8) is 0 Å². The summed E-state index contributed by atoms with van der Waals surface area (Å²) in [7, 11) is 0. The van der Waals surface area contributed by atoms with Gasteiger partial charge in [0, 0.05) is 0 Å². The average Bonchev–Trinajstić information content (AvgIpc) is 2.93. The first-order valence-corrected chi connectivity index (χ1v) is 8.04. The van der Waals surface area contributed by atoms with E-state index in [0.717, 1.165) is 6.21 Å². The summed E-state index contributed by atoms with van der Waals surface area (Å²) in [6, 6.07) is 1.68. The molecule has 1 unspecified atom stereocenters. The van der Waals surface area contributed by atoms with Gasteiger partial charge in [-0.15, -0.1) is 0 Å². The number of nitrogens with one attached hydrogen (secondary N) is 2. The first-order valence-electron chi connectivity index (χ1n) is 8.04. The molecule has 10 heteroatoms. The van der Waals surface area contributed by atoms with Crippen molar-refractivity contribution in [3.05, 3.63) is 28.0 Å². The molecule has 0 fully saturated rings. The Labute approximate surface area is 151 Å². The first kappa shape index (κ1) is 21.1. The molecular weight excluding hydrogens is 344 g/mol. The van der Waals surface area contributed by atoms with E-state index in [1.165, 1.54) is 12.1 Å². The van der Waals surface area contributed by atoms with Crippen LogP contribution in [0.1, 0.15) is 46.8 Å². The molecule has 0 aliphatic carbocycles. The minimum atomic E-state index is -0.840. The summed E-state index contributed by atoms with van der Waals surface area (Å²) in [5.74, 6) is -0.723. The molecule has 0 saturated heterocycles. The number of ether oxygens (including phenoxy) is 1. The van der Waals surface area contributed by atoms with Gasteiger partial charge in [0.25, 0.3) is 5.91 Å². The molecule has 0 saturated carbocycles. The minimum Gasteiger partial charge on any atom is -0.444 e. The lowest BCUT2D eigenvalue weighted by Gasteiger charge is -2.23. The second kappa shape index (κ2) is 8.97. The zero-order valence-electron chi connectivity index (χ0n) is 15.4. The maximum Gasteiger partial charge on any atom is 0.433 e. The summed E-state index contributed by atoms with van der Waals surface area (Å²) in [5, 5.41) is 16.7. The van der Waals surface area contributed by atoms with E-state index in [4.69, 9.17) is 9.15 Å². The van der Waals surface area contributed by atoms with E-state index >= 15 is 0 Å². The smallest absolute Gasteiger partial charge is 0.433 e. The molecule has 2 N–H and O–H groups in total. The number of alkyl carbamates (subject to hydrolysis) is 1. The normalized spacial score (nSPS) is 12.8. The zero-order chi connectivity index (χ0) is 19.9. The molecular formula is C16H24N4O6. The molecule has 1 aromatic rings. The molecule has 144 valence electrons. The van der Waals surface area contributed by atoms with Gasteiger partial charge in [0.2, 0.25) is 0 Å². The van der Waals surface area contributed by atoms with Gasteiger partial charge in [0.05, 0.1) is 12.3 Å². The van der Waals surface area contributed by atoms with Crippen LogP contribution in [0.15, 0.2) is 21.7 Å². The summed E-state index contributed by atoms with van der Waals surface area (Å²) >= 11 is 0. The molecule has 2 amide bonds. The van der Waals surface area contributed by atoms with Gasteiger partial charge in [-0.2, -0.15) is 5.10 Å². The van der Waals surface area contributed by atoms with Crippen LogP contribution in [-0.2, 0) is 9.53 Å². The summed E-state index contributed by atoms with van der Waals surface area (Å²) in [6.45, 7) is 8.97. The number of nitro groups is 1. The number of hydrogen-bond donors (Lipinski definition) is 2. The van der Waals surface area contributed by atoms with Gasteiger partial charge in [-0.05, 0) is 39.2 Å². The van der Waals surface area contributed by atoms with Crippen LogP contribution in [0.5, 0.6) is 0 Å². The Morgan fingerprint density at radius 1 is 1.38 bits per heavy atom. The average molecular weight is 368 g/mol. The highest BCUT2D eigenvalue weighted by atomic mass is 16.6. The molecule has 1 atom stereocenters. The summed E-state index contributed by atoms with van der Waals surface area (Å²) < 4.78 is 10.0. The monoisotopic (exact) mass is 368 g/mol. The van der Waals surface area contributed by atoms with Gasteiger partial charge in [-0.3, -0.25) is 14.9 Å². The third-order valence-corrected chi connectivity index (χ3v) is 2.87. The number of hydrazone groups is 1. The topological polar surface area (TPSA) is 136 Å². The fourth-order valence-electron chi connectivity index (χ4n) is 1.90. The largest absolute Gasteiger partial charge is 0.444 e. The number of rotatable bonds is 7. The highest BCUT2D eigenvalue weighted by molar-refractivity contribution is 5.86. The molecule has 1 aromatic heterocycles. The van der Waals surface area contributed by atoms with Crippen molar-refractivity contribution in [2.45, 2.75) is 52.7 Å². The number of nitrogens with zero attached hydrogens (tertiary/aromatic N) is 2. The van der Waals surface area contributed by atoms with Crippen LogP contribution in [0.2, 0.25) is 0 Å². The maximum atomic E-state index is 12.2. The fraction of sp³-hybridized carbons (Fsp3) is 0.562. The van der Waals surface area contributed by atoms with Crippen molar-refractivity contribution in [1.29, 1.82) is 0 Å². The summed E-state index contributed by atoms with van der Waals surface area (Å²) in [5.41, 5.74) is 1.59. The molecule has 10 nitrogen and oxygen atoms in total. The van der Waals surface area contributed by atoms with E-state index in [9.17, 15) is 19.7 Å². The first-order chi connectivity index (χ1) is 12.0. The van der Waals surface area contributed by atoms with E-state index in [1.807, 2.05) is 13.8 Å². The minimum absolute atomic E-state index is 0.109. The molecule has 26 heavy (non-hydrogen) atoms. The van der Waals surface area contributed by atoms with Crippen LogP contribution in [0.4, 0.5) is 10.7 Å². The van der Waals surface area contributed by atoms with Gasteiger partial charge in [0.1, 0.15) is 16.6 Å². The second-order valence-corrected chi connectivity index (χ2v) is 7.00.